The van der Waals surface area contributed by atoms with Gasteiger partial charge in [0.05, 0.1) is 13.2 Å². The van der Waals surface area contributed by atoms with Crippen molar-refractivity contribution in [3.63, 3.8) is 0 Å². The van der Waals surface area contributed by atoms with Crippen LogP contribution < -0.4 is 0 Å². The van der Waals surface area contributed by atoms with E-state index in [1.165, 1.54) is 11.9 Å². The van der Waals surface area contributed by atoms with Crippen LogP contribution in [0, 0.1) is 0 Å². The zero-order valence-corrected chi connectivity index (χ0v) is 6.06. The van der Waals surface area contributed by atoms with Gasteiger partial charge in [0.1, 0.15) is 5.94 Å². The van der Waals surface area contributed by atoms with E-state index >= 15 is 0 Å². The van der Waals surface area contributed by atoms with Gasteiger partial charge in [0.15, 0.2) is 0 Å². The summed E-state index contributed by atoms with van der Waals surface area (Å²) in [4.78, 5) is 0. The van der Waals surface area contributed by atoms with Gasteiger partial charge in [-0.1, -0.05) is 11.9 Å². The zero-order chi connectivity index (χ0) is 6.53. The molecule has 0 saturated carbocycles. The fourth-order valence-electron chi connectivity index (χ4n) is 0.757. The van der Waals surface area contributed by atoms with Gasteiger partial charge in [0, 0.05) is 13.1 Å². The highest BCUT2D eigenvalue weighted by Crippen LogP contribution is 2.09. The van der Waals surface area contributed by atoms with Crippen LogP contribution in [0.5, 0.6) is 0 Å². The van der Waals surface area contributed by atoms with Crippen molar-refractivity contribution in [1.82, 2.24) is 4.31 Å². The predicted molar refractivity (Wildman–Crippen MR) is 37.1 cm³/mol. The highest BCUT2D eigenvalue weighted by atomic mass is 32.2. The summed E-state index contributed by atoms with van der Waals surface area (Å²) in [5.41, 5.74) is 0. The number of nitrogens with zero attached hydrogens (tertiary/aromatic N) is 1. The molecule has 0 atom stereocenters. The largest absolute Gasteiger partial charge is 0.384 e. The van der Waals surface area contributed by atoms with Crippen molar-refractivity contribution in [1.29, 1.82) is 0 Å². The maximum absolute atomic E-state index is 8.50. The van der Waals surface area contributed by atoms with Crippen molar-refractivity contribution in [3.8, 4) is 0 Å². The first-order valence-electron chi connectivity index (χ1n) is 3.00. The number of hydrogen-bond donors (Lipinski definition) is 1. The van der Waals surface area contributed by atoms with Crippen molar-refractivity contribution in [3.05, 3.63) is 0 Å². The molecular weight excluding hydrogens is 138 g/mol. The smallest absolute Gasteiger partial charge is 0.103 e. The van der Waals surface area contributed by atoms with Gasteiger partial charge in [-0.15, -0.1) is 0 Å². The summed E-state index contributed by atoms with van der Waals surface area (Å²) in [6.45, 7) is 3.47. The maximum Gasteiger partial charge on any atom is 0.103 e. The number of morpholine rings is 1. The summed E-state index contributed by atoms with van der Waals surface area (Å²) in [6, 6.07) is 0. The molecule has 1 heterocycles. The lowest BCUT2D eigenvalue weighted by Crippen LogP contribution is -2.31. The third-order valence-corrected chi connectivity index (χ3v) is 2.06. The van der Waals surface area contributed by atoms with Crippen molar-refractivity contribution < 1.29 is 9.84 Å². The Balaban J connectivity index is 2.08. The molecule has 1 N–H and O–H groups in total. The molecule has 3 nitrogen and oxygen atoms in total. The second-order valence-corrected chi connectivity index (χ2v) is 2.83. The third kappa shape index (κ3) is 2.53. The summed E-state index contributed by atoms with van der Waals surface area (Å²) in [7, 11) is 0. The SMILES string of the molecule is OCSN1CCOCC1. The molecule has 0 aromatic rings. The molecule has 0 aromatic heterocycles. The van der Waals surface area contributed by atoms with Crippen LogP contribution in [0.1, 0.15) is 0 Å². The molecule has 4 heteroatoms. The molecule has 1 aliphatic rings. The number of hydrogen-bond acceptors (Lipinski definition) is 4. The van der Waals surface area contributed by atoms with E-state index in [9.17, 15) is 0 Å². The summed E-state index contributed by atoms with van der Waals surface area (Å²) >= 11 is 1.46. The quantitative estimate of drug-likeness (QED) is 0.439. The fraction of sp³-hybridized carbons (Fsp3) is 1.00. The summed E-state index contributed by atoms with van der Waals surface area (Å²) in [6.07, 6.45) is 0. The summed E-state index contributed by atoms with van der Waals surface area (Å²) in [5.74, 6) is 0.181. The minimum atomic E-state index is 0.181. The maximum atomic E-state index is 8.50. The minimum Gasteiger partial charge on any atom is -0.384 e. The second kappa shape index (κ2) is 4.11. The molecule has 9 heavy (non-hydrogen) atoms. The Morgan fingerprint density at radius 1 is 1.44 bits per heavy atom. The normalized spacial score (nSPS) is 22.3. The van der Waals surface area contributed by atoms with Gasteiger partial charge in [0.25, 0.3) is 0 Å². The zero-order valence-electron chi connectivity index (χ0n) is 5.25. The van der Waals surface area contributed by atoms with Crippen molar-refractivity contribution in [2.45, 2.75) is 0 Å². The van der Waals surface area contributed by atoms with E-state index in [0.29, 0.717) is 0 Å². The van der Waals surface area contributed by atoms with E-state index < -0.39 is 0 Å². The molecule has 54 valence electrons. The van der Waals surface area contributed by atoms with E-state index in [-0.39, 0.29) is 5.94 Å². The minimum absolute atomic E-state index is 0.181. The Labute approximate surface area is 59.1 Å². The lowest BCUT2D eigenvalue weighted by atomic mass is 10.5. The molecule has 0 spiro atoms. The van der Waals surface area contributed by atoms with E-state index in [1.54, 1.807) is 0 Å². The van der Waals surface area contributed by atoms with Crippen molar-refractivity contribution in [2.24, 2.45) is 0 Å². The van der Waals surface area contributed by atoms with Gasteiger partial charge in [-0.05, 0) is 0 Å². The van der Waals surface area contributed by atoms with Crippen molar-refractivity contribution in [2.75, 3.05) is 32.2 Å². The van der Waals surface area contributed by atoms with Crippen LogP contribution in [0.4, 0.5) is 0 Å². The lowest BCUT2D eigenvalue weighted by molar-refractivity contribution is 0.0768. The number of aliphatic hydroxyl groups excluding tert-OH is 1. The first kappa shape index (κ1) is 7.34. The fourth-order valence-corrected chi connectivity index (χ4v) is 1.33. The van der Waals surface area contributed by atoms with Crippen molar-refractivity contribution >= 4 is 11.9 Å². The van der Waals surface area contributed by atoms with Gasteiger partial charge in [-0.2, -0.15) is 0 Å². The van der Waals surface area contributed by atoms with Crippen LogP contribution in [-0.4, -0.2) is 41.7 Å². The first-order chi connectivity index (χ1) is 4.43. The molecule has 0 aliphatic carbocycles. The second-order valence-electron chi connectivity index (χ2n) is 1.80. The van der Waals surface area contributed by atoms with Crippen LogP contribution in [0.25, 0.3) is 0 Å². The number of aliphatic hydroxyl groups is 1. The average molecular weight is 149 g/mol. The van der Waals surface area contributed by atoms with Crippen LogP contribution >= 0.6 is 11.9 Å². The molecule has 1 saturated heterocycles. The van der Waals surface area contributed by atoms with Gasteiger partial charge in [-0.3, -0.25) is 0 Å². The topological polar surface area (TPSA) is 32.7 Å². The van der Waals surface area contributed by atoms with Gasteiger partial charge in [-0.25, -0.2) is 4.31 Å². The Morgan fingerprint density at radius 2 is 2.11 bits per heavy atom. The molecule has 1 rings (SSSR count). The predicted octanol–water partition coefficient (Wildman–Crippen LogP) is -0.0834. The molecule has 0 radical (unpaired) electrons. The molecule has 0 aromatic carbocycles. The molecular formula is C5H11NO2S. The van der Waals surface area contributed by atoms with E-state index in [2.05, 4.69) is 4.31 Å². The average Bonchev–Trinajstić information content (AvgIpc) is 1.91. The van der Waals surface area contributed by atoms with Gasteiger partial charge < -0.3 is 9.84 Å². The van der Waals surface area contributed by atoms with E-state index in [0.717, 1.165) is 26.3 Å². The van der Waals surface area contributed by atoms with Crippen LogP contribution in [0.15, 0.2) is 0 Å². The van der Waals surface area contributed by atoms with E-state index in [1.807, 2.05) is 0 Å². The highest BCUT2D eigenvalue weighted by Gasteiger charge is 2.08. The summed E-state index contributed by atoms with van der Waals surface area (Å²) in [5, 5.41) is 8.50. The standard InChI is InChI=1S/C5H11NO2S/c7-5-9-6-1-3-8-4-2-6/h7H,1-5H2. The Bertz CT molecular complexity index is 72.6. The van der Waals surface area contributed by atoms with Crippen LogP contribution in [0.2, 0.25) is 0 Å². The summed E-state index contributed by atoms with van der Waals surface area (Å²) < 4.78 is 7.22. The Morgan fingerprint density at radius 3 is 2.67 bits per heavy atom. The molecule has 1 aliphatic heterocycles. The van der Waals surface area contributed by atoms with Gasteiger partial charge >= 0.3 is 0 Å². The van der Waals surface area contributed by atoms with Crippen LogP contribution in [-0.2, 0) is 4.74 Å². The Kier molecular flexibility index (Phi) is 3.35. The lowest BCUT2D eigenvalue weighted by Gasteiger charge is -2.24. The molecule has 0 amide bonds. The number of ether oxygens (including phenoxy) is 1. The number of rotatable bonds is 2. The molecule has 0 unspecified atom stereocenters. The van der Waals surface area contributed by atoms with E-state index in [4.69, 9.17) is 9.84 Å². The Hall–Kier alpha value is 0.230. The van der Waals surface area contributed by atoms with Gasteiger partial charge in [0.2, 0.25) is 0 Å². The first-order valence-corrected chi connectivity index (χ1v) is 3.94. The van der Waals surface area contributed by atoms with Crippen LogP contribution in [0.3, 0.4) is 0 Å². The molecule has 0 bridgehead atoms. The molecule has 1 fully saturated rings. The highest BCUT2D eigenvalue weighted by molar-refractivity contribution is 7.96. The monoisotopic (exact) mass is 149 g/mol. The third-order valence-electron chi connectivity index (χ3n) is 1.21.